The van der Waals surface area contributed by atoms with Crippen molar-refractivity contribution >= 4 is 11.6 Å². The van der Waals surface area contributed by atoms with Gasteiger partial charge in [0.2, 0.25) is 0 Å². The fourth-order valence-corrected chi connectivity index (χ4v) is 1.65. The maximum atomic E-state index is 6.03. The number of rotatable bonds is 0. The monoisotopic (exact) mass is 210 g/mol. The SMILES string of the molecule is CC(C)(C)C1=CCCC/C=C(\Cl)C=C1. The van der Waals surface area contributed by atoms with Crippen molar-refractivity contribution in [2.45, 2.75) is 40.0 Å². The van der Waals surface area contributed by atoms with Gasteiger partial charge < -0.3 is 0 Å². The van der Waals surface area contributed by atoms with E-state index in [1.165, 1.54) is 12.0 Å². The first-order valence-corrected chi connectivity index (χ1v) is 5.62. The molecule has 78 valence electrons. The van der Waals surface area contributed by atoms with Gasteiger partial charge in [-0.15, -0.1) is 0 Å². The third kappa shape index (κ3) is 3.71. The molecule has 0 fully saturated rings. The van der Waals surface area contributed by atoms with Crippen molar-refractivity contribution in [3.63, 3.8) is 0 Å². The molecule has 1 heteroatoms. The fourth-order valence-electron chi connectivity index (χ4n) is 1.48. The van der Waals surface area contributed by atoms with Gasteiger partial charge in [0.15, 0.2) is 0 Å². The molecule has 0 aliphatic heterocycles. The smallest absolute Gasteiger partial charge is 0.0366 e. The molecule has 0 amide bonds. The second-order valence-electron chi connectivity index (χ2n) is 4.76. The van der Waals surface area contributed by atoms with Crippen molar-refractivity contribution in [3.8, 4) is 0 Å². The van der Waals surface area contributed by atoms with E-state index in [2.05, 4.69) is 39.0 Å². The molecule has 1 aliphatic carbocycles. The van der Waals surface area contributed by atoms with Crippen LogP contribution in [-0.2, 0) is 0 Å². The minimum absolute atomic E-state index is 0.220. The van der Waals surface area contributed by atoms with Crippen LogP contribution < -0.4 is 0 Å². The number of hydrogen-bond donors (Lipinski definition) is 0. The van der Waals surface area contributed by atoms with Crippen LogP contribution in [0.3, 0.4) is 0 Å². The maximum absolute atomic E-state index is 6.03. The van der Waals surface area contributed by atoms with Crippen LogP contribution in [0.5, 0.6) is 0 Å². The Bertz CT molecular complexity index is 274. The van der Waals surface area contributed by atoms with E-state index in [0.717, 1.165) is 17.9 Å². The van der Waals surface area contributed by atoms with Crippen molar-refractivity contribution in [2.75, 3.05) is 0 Å². The highest BCUT2D eigenvalue weighted by atomic mass is 35.5. The third-order valence-electron chi connectivity index (χ3n) is 2.40. The summed E-state index contributed by atoms with van der Waals surface area (Å²) in [5.74, 6) is 0. The van der Waals surface area contributed by atoms with E-state index in [9.17, 15) is 0 Å². The third-order valence-corrected chi connectivity index (χ3v) is 2.68. The van der Waals surface area contributed by atoms with E-state index in [1.807, 2.05) is 6.08 Å². The highest BCUT2D eigenvalue weighted by molar-refractivity contribution is 6.31. The molecule has 1 aliphatic rings. The van der Waals surface area contributed by atoms with Crippen LogP contribution in [0.2, 0.25) is 0 Å². The largest absolute Gasteiger partial charge is 0.0847 e. The molecule has 0 N–H and O–H groups in total. The van der Waals surface area contributed by atoms with Crippen molar-refractivity contribution in [1.82, 2.24) is 0 Å². The lowest BCUT2D eigenvalue weighted by molar-refractivity contribution is 0.514. The van der Waals surface area contributed by atoms with Gasteiger partial charge in [-0.1, -0.05) is 50.6 Å². The molecule has 0 saturated heterocycles. The van der Waals surface area contributed by atoms with Crippen LogP contribution in [0.15, 0.2) is 34.9 Å². The quantitative estimate of drug-likeness (QED) is 0.538. The number of allylic oxidation sites excluding steroid dienone is 6. The molecule has 0 aromatic heterocycles. The predicted molar refractivity (Wildman–Crippen MR) is 64.5 cm³/mol. The molecule has 0 nitrogen and oxygen atoms in total. The summed E-state index contributed by atoms with van der Waals surface area (Å²) in [4.78, 5) is 0. The Morgan fingerprint density at radius 2 is 1.71 bits per heavy atom. The van der Waals surface area contributed by atoms with Gasteiger partial charge in [0.05, 0.1) is 0 Å². The lowest BCUT2D eigenvalue weighted by Crippen LogP contribution is -2.07. The van der Waals surface area contributed by atoms with Gasteiger partial charge in [-0.25, -0.2) is 0 Å². The minimum Gasteiger partial charge on any atom is -0.0847 e. The topological polar surface area (TPSA) is 0 Å². The summed E-state index contributed by atoms with van der Waals surface area (Å²) in [6.07, 6.45) is 12.0. The number of halogens is 1. The molecule has 0 heterocycles. The summed E-state index contributed by atoms with van der Waals surface area (Å²) in [6.45, 7) is 6.70. The highest BCUT2D eigenvalue weighted by Crippen LogP contribution is 2.28. The summed E-state index contributed by atoms with van der Waals surface area (Å²) >= 11 is 6.03. The Labute approximate surface area is 92.3 Å². The van der Waals surface area contributed by atoms with Gasteiger partial charge in [-0.3, -0.25) is 0 Å². The fraction of sp³-hybridized carbons (Fsp3) is 0.538. The van der Waals surface area contributed by atoms with Gasteiger partial charge in [0.1, 0.15) is 0 Å². The molecule has 0 unspecified atom stereocenters. The molecule has 0 aromatic rings. The first-order chi connectivity index (χ1) is 6.50. The summed E-state index contributed by atoms with van der Waals surface area (Å²) in [6, 6.07) is 0. The highest BCUT2D eigenvalue weighted by Gasteiger charge is 2.14. The minimum atomic E-state index is 0.220. The van der Waals surface area contributed by atoms with Crippen LogP contribution in [0, 0.1) is 5.41 Å². The standard InChI is InChI=1S/C13H19Cl/c1-13(2,3)11-7-5-4-6-8-12(14)10-9-11/h7-10H,4-6H2,1-3H3/b10-9?,11-7?,12-8-. The molecule has 0 radical (unpaired) electrons. The second-order valence-corrected chi connectivity index (χ2v) is 5.20. The van der Waals surface area contributed by atoms with Gasteiger partial charge in [0, 0.05) is 5.03 Å². The van der Waals surface area contributed by atoms with Gasteiger partial charge >= 0.3 is 0 Å². The van der Waals surface area contributed by atoms with Crippen LogP contribution in [0.4, 0.5) is 0 Å². The van der Waals surface area contributed by atoms with Crippen molar-refractivity contribution < 1.29 is 0 Å². The Kier molecular flexibility index (Phi) is 4.00. The van der Waals surface area contributed by atoms with Crippen LogP contribution in [0.1, 0.15) is 40.0 Å². The van der Waals surface area contributed by atoms with E-state index in [0.29, 0.717) is 0 Å². The first-order valence-electron chi connectivity index (χ1n) is 5.24. The molecule has 0 bridgehead atoms. The molecule has 0 saturated carbocycles. The molecule has 0 atom stereocenters. The lowest BCUT2D eigenvalue weighted by atomic mass is 9.85. The van der Waals surface area contributed by atoms with Crippen LogP contribution in [-0.4, -0.2) is 0 Å². The van der Waals surface area contributed by atoms with Crippen LogP contribution in [0.25, 0.3) is 0 Å². The predicted octanol–water partition coefficient (Wildman–Crippen LogP) is 4.82. The Morgan fingerprint density at radius 1 is 1.07 bits per heavy atom. The van der Waals surface area contributed by atoms with Crippen LogP contribution >= 0.6 is 11.6 Å². The summed E-state index contributed by atoms with van der Waals surface area (Å²) in [7, 11) is 0. The summed E-state index contributed by atoms with van der Waals surface area (Å²) in [5.41, 5.74) is 1.60. The van der Waals surface area contributed by atoms with Gasteiger partial charge in [-0.2, -0.15) is 0 Å². The van der Waals surface area contributed by atoms with E-state index < -0.39 is 0 Å². The number of hydrogen-bond acceptors (Lipinski definition) is 0. The average Bonchev–Trinajstić information content (AvgIpc) is 2.15. The Morgan fingerprint density at radius 3 is 2.36 bits per heavy atom. The normalized spacial score (nSPS) is 22.9. The Hall–Kier alpha value is -0.490. The first kappa shape index (κ1) is 11.6. The van der Waals surface area contributed by atoms with E-state index in [4.69, 9.17) is 11.6 Å². The average molecular weight is 211 g/mol. The van der Waals surface area contributed by atoms with Crippen molar-refractivity contribution in [2.24, 2.45) is 5.41 Å². The summed E-state index contributed by atoms with van der Waals surface area (Å²) < 4.78 is 0. The molecule has 0 aromatic carbocycles. The van der Waals surface area contributed by atoms with Crippen molar-refractivity contribution in [1.29, 1.82) is 0 Å². The molecular formula is C13H19Cl. The second kappa shape index (κ2) is 4.84. The zero-order chi connectivity index (χ0) is 10.6. The lowest BCUT2D eigenvalue weighted by Gasteiger charge is -2.20. The van der Waals surface area contributed by atoms with E-state index >= 15 is 0 Å². The van der Waals surface area contributed by atoms with Crippen molar-refractivity contribution in [3.05, 3.63) is 34.9 Å². The van der Waals surface area contributed by atoms with Gasteiger partial charge in [0.25, 0.3) is 0 Å². The zero-order valence-electron chi connectivity index (χ0n) is 9.31. The Balaban J connectivity index is 2.89. The maximum Gasteiger partial charge on any atom is 0.0366 e. The summed E-state index contributed by atoms with van der Waals surface area (Å²) in [5, 5.41) is 0.863. The van der Waals surface area contributed by atoms with E-state index in [-0.39, 0.29) is 5.41 Å². The van der Waals surface area contributed by atoms with Gasteiger partial charge in [-0.05, 0) is 36.3 Å². The van der Waals surface area contributed by atoms with E-state index in [1.54, 1.807) is 0 Å². The molecule has 14 heavy (non-hydrogen) atoms. The molecular weight excluding hydrogens is 192 g/mol. The molecule has 1 rings (SSSR count). The molecule has 0 spiro atoms. The zero-order valence-corrected chi connectivity index (χ0v) is 10.1.